The summed E-state index contributed by atoms with van der Waals surface area (Å²) in [4.78, 5) is 1.81. The minimum Gasteiger partial charge on any atom is -0.142 e. The van der Waals surface area contributed by atoms with Gasteiger partial charge in [-0.05, 0) is 33.1 Å². The Morgan fingerprint density at radius 3 is 1.00 bits per heavy atom. The van der Waals surface area contributed by atoms with E-state index >= 15 is 0 Å². The van der Waals surface area contributed by atoms with Crippen LogP contribution in [0.1, 0.15) is 63.8 Å². The van der Waals surface area contributed by atoms with Gasteiger partial charge in [-0.25, -0.2) is 0 Å². The quantitative estimate of drug-likeness (QED) is 0.421. The first-order valence-corrected chi connectivity index (χ1v) is 9.23. The Morgan fingerprint density at radius 1 is 0.542 bits per heavy atom. The van der Waals surface area contributed by atoms with E-state index < -0.39 is 0 Å². The van der Waals surface area contributed by atoms with Crippen LogP contribution in [0.2, 0.25) is 0 Å². The number of thiol groups is 2. The molecule has 0 atom stereocenters. The largest absolute Gasteiger partial charge is 0.142 e. The highest BCUT2D eigenvalue weighted by Gasteiger charge is 2.15. The van der Waals surface area contributed by atoms with Gasteiger partial charge >= 0.3 is 0 Å². The summed E-state index contributed by atoms with van der Waals surface area (Å²) in [5, 5.41) is 0. The summed E-state index contributed by atoms with van der Waals surface area (Å²) in [5.41, 5.74) is 5.15. The van der Waals surface area contributed by atoms with Crippen molar-refractivity contribution >= 4 is 35.1 Å². The van der Waals surface area contributed by atoms with Crippen molar-refractivity contribution < 1.29 is 0 Å². The van der Waals surface area contributed by atoms with Crippen LogP contribution in [0, 0.1) is 0 Å². The van der Waals surface area contributed by atoms with Crippen molar-refractivity contribution in [3.05, 3.63) is 70.8 Å². The van der Waals surface area contributed by atoms with Crippen molar-refractivity contribution in [1.29, 1.82) is 0 Å². The lowest BCUT2D eigenvalue weighted by Crippen LogP contribution is -2.10. The molecule has 2 heteroatoms. The maximum atomic E-state index is 4.72. The standard InChI is InChI=1S/C22H28S2/c1-21(2,3)17-11-7-15(8-12-17)19(23)20(24)16-9-13-18(14-10-16)22(4,5)6/h7-14,23-24H,1-6H3/b20-19+. The van der Waals surface area contributed by atoms with E-state index in [4.69, 9.17) is 25.3 Å². The Morgan fingerprint density at radius 2 is 0.792 bits per heavy atom. The first-order chi connectivity index (χ1) is 11.0. The Hall–Kier alpha value is -1.12. The zero-order valence-electron chi connectivity index (χ0n) is 15.5. The van der Waals surface area contributed by atoms with Gasteiger partial charge < -0.3 is 0 Å². The fourth-order valence-corrected chi connectivity index (χ4v) is 3.09. The predicted molar refractivity (Wildman–Crippen MR) is 115 cm³/mol. The fraction of sp³-hybridized carbons (Fsp3) is 0.364. The lowest BCUT2D eigenvalue weighted by molar-refractivity contribution is 0.590. The van der Waals surface area contributed by atoms with E-state index in [1.807, 2.05) is 0 Å². The van der Waals surface area contributed by atoms with Gasteiger partial charge in [0.2, 0.25) is 0 Å². The van der Waals surface area contributed by atoms with Crippen LogP contribution in [0.3, 0.4) is 0 Å². The van der Waals surface area contributed by atoms with Gasteiger partial charge in [-0.1, -0.05) is 90.1 Å². The van der Waals surface area contributed by atoms with Crippen LogP contribution in [0.5, 0.6) is 0 Å². The topological polar surface area (TPSA) is 0 Å². The summed E-state index contributed by atoms with van der Waals surface area (Å²) < 4.78 is 0. The fourth-order valence-electron chi connectivity index (χ4n) is 2.53. The van der Waals surface area contributed by atoms with Crippen LogP contribution >= 0.6 is 25.3 Å². The highest BCUT2D eigenvalue weighted by atomic mass is 32.1. The molecule has 0 aliphatic carbocycles. The van der Waals surface area contributed by atoms with Crippen LogP contribution < -0.4 is 0 Å². The molecule has 2 aromatic rings. The molecular weight excluding hydrogens is 328 g/mol. The zero-order valence-corrected chi connectivity index (χ0v) is 17.3. The molecular formula is C22H28S2. The first-order valence-electron chi connectivity index (χ1n) is 8.34. The summed E-state index contributed by atoms with van der Waals surface area (Å²) in [7, 11) is 0. The molecule has 2 aromatic carbocycles. The Bertz CT molecular complexity index is 656. The van der Waals surface area contributed by atoms with Crippen LogP contribution in [-0.2, 0) is 10.8 Å². The van der Waals surface area contributed by atoms with Crippen molar-refractivity contribution in [2.45, 2.75) is 52.4 Å². The summed E-state index contributed by atoms with van der Waals surface area (Å²) in [6, 6.07) is 17.2. The Balaban J connectivity index is 2.33. The van der Waals surface area contributed by atoms with Gasteiger partial charge in [0.15, 0.2) is 0 Å². The average Bonchev–Trinajstić information content (AvgIpc) is 2.52. The molecule has 0 saturated heterocycles. The second-order valence-electron chi connectivity index (χ2n) is 8.35. The van der Waals surface area contributed by atoms with E-state index in [0.717, 1.165) is 20.9 Å². The van der Waals surface area contributed by atoms with Crippen LogP contribution in [0.15, 0.2) is 48.5 Å². The summed E-state index contributed by atoms with van der Waals surface area (Å²) in [6.07, 6.45) is 0. The van der Waals surface area contributed by atoms with E-state index in [0.29, 0.717) is 0 Å². The van der Waals surface area contributed by atoms with E-state index in [1.165, 1.54) is 11.1 Å². The minimum absolute atomic E-state index is 0.158. The molecule has 0 saturated carbocycles. The average molecular weight is 357 g/mol. The molecule has 0 N–H and O–H groups in total. The molecule has 0 amide bonds. The van der Waals surface area contributed by atoms with E-state index in [1.54, 1.807) is 0 Å². The van der Waals surface area contributed by atoms with Crippen LogP contribution in [0.4, 0.5) is 0 Å². The van der Waals surface area contributed by atoms with Crippen molar-refractivity contribution in [2.24, 2.45) is 0 Å². The number of rotatable bonds is 2. The molecule has 24 heavy (non-hydrogen) atoms. The molecule has 0 aliphatic rings. The van der Waals surface area contributed by atoms with Crippen molar-refractivity contribution in [3.8, 4) is 0 Å². The summed E-state index contributed by atoms with van der Waals surface area (Å²) in [5.74, 6) is 0. The maximum absolute atomic E-state index is 4.72. The molecule has 128 valence electrons. The minimum atomic E-state index is 0.158. The number of hydrogen-bond donors (Lipinski definition) is 2. The van der Waals surface area contributed by atoms with Crippen molar-refractivity contribution in [2.75, 3.05) is 0 Å². The summed E-state index contributed by atoms with van der Waals surface area (Å²) in [6.45, 7) is 13.3. The normalized spacial score (nSPS) is 13.7. The number of benzene rings is 2. The molecule has 0 unspecified atom stereocenters. The van der Waals surface area contributed by atoms with E-state index in [2.05, 4.69) is 90.1 Å². The van der Waals surface area contributed by atoms with Crippen LogP contribution in [-0.4, -0.2) is 0 Å². The van der Waals surface area contributed by atoms with Crippen molar-refractivity contribution in [1.82, 2.24) is 0 Å². The lowest BCUT2D eigenvalue weighted by Gasteiger charge is -2.20. The molecule has 0 nitrogen and oxygen atoms in total. The SMILES string of the molecule is CC(C)(C)c1ccc(/C(S)=C(\S)c2ccc(C(C)(C)C)cc2)cc1. The van der Waals surface area contributed by atoms with Gasteiger partial charge in [-0.3, -0.25) is 0 Å². The smallest absolute Gasteiger partial charge is 0.0253 e. The van der Waals surface area contributed by atoms with Gasteiger partial charge in [0.25, 0.3) is 0 Å². The number of hydrogen-bond acceptors (Lipinski definition) is 2. The van der Waals surface area contributed by atoms with E-state index in [-0.39, 0.29) is 10.8 Å². The van der Waals surface area contributed by atoms with Gasteiger partial charge in [0, 0.05) is 9.81 Å². The zero-order chi connectivity index (χ0) is 18.1. The molecule has 0 radical (unpaired) electrons. The highest BCUT2D eigenvalue weighted by molar-refractivity contribution is 7.96. The van der Waals surface area contributed by atoms with Gasteiger partial charge in [0.05, 0.1) is 0 Å². The third-order valence-electron chi connectivity index (χ3n) is 4.27. The molecule has 0 spiro atoms. The predicted octanol–water partition coefficient (Wildman–Crippen LogP) is 6.97. The maximum Gasteiger partial charge on any atom is 0.0253 e. The molecule has 0 fully saturated rings. The second kappa shape index (κ2) is 7.01. The summed E-state index contributed by atoms with van der Waals surface area (Å²) >= 11 is 9.44. The van der Waals surface area contributed by atoms with Gasteiger partial charge in [-0.15, -0.1) is 25.3 Å². The van der Waals surface area contributed by atoms with Gasteiger partial charge in [-0.2, -0.15) is 0 Å². The third-order valence-corrected chi connectivity index (χ3v) is 5.41. The van der Waals surface area contributed by atoms with Crippen LogP contribution in [0.25, 0.3) is 9.81 Å². The monoisotopic (exact) mass is 356 g/mol. The van der Waals surface area contributed by atoms with Crippen molar-refractivity contribution in [3.63, 3.8) is 0 Å². The van der Waals surface area contributed by atoms with E-state index in [9.17, 15) is 0 Å². The second-order valence-corrected chi connectivity index (χ2v) is 9.25. The highest BCUT2D eigenvalue weighted by Crippen LogP contribution is 2.34. The molecule has 0 aliphatic heterocycles. The van der Waals surface area contributed by atoms with Gasteiger partial charge in [0.1, 0.15) is 0 Å². The Kier molecular flexibility index (Phi) is 5.61. The molecule has 0 aromatic heterocycles. The molecule has 0 bridgehead atoms. The molecule has 0 heterocycles. The molecule has 2 rings (SSSR count). The lowest BCUT2D eigenvalue weighted by atomic mass is 9.86. The Labute approximate surface area is 158 Å². The first kappa shape index (κ1) is 19.2. The third kappa shape index (κ3) is 4.49.